The zero-order valence-electron chi connectivity index (χ0n) is 13.4. The molecule has 1 heterocycles. The summed E-state index contributed by atoms with van der Waals surface area (Å²) in [6.07, 6.45) is 1.37. The molecule has 2 atom stereocenters. The lowest BCUT2D eigenvalue weighted by atomic mass is 10.0. The molecule has 2 aromatic carbocycles. The fourth-order valence-electron chi connectivity index (χ4n) is 3.07. The highest BCUT2D eigenvalue weighted by Gasteiger charge is 2.23. The number of nitriles is 1. The third-order valence-corrected chi connectivity index (χ3v) is 4.10. The van der Waals surface area contributed by atoms with Crippen LogP contribution in [-0.2, 0) is 0 Å². The van der Waals surface area contributed by atoms with Crippen LogP contribution in [0.2, 0.25) is 0 Å². The topological polar surface area (TPSA) is 61.0 Å². The Hall–Kier alpha value is -2.32. The number of aliphatic hydroxyl groups is 1. The van der Waals surface area contributed by atoms with Gasteiger partial charge in [0.1, 0.15) is 0 Å². The van der Waals surface area contributed by atoms with Crippen LogP contribution in [0.4, 0.5) is 0 Å². The fourth-order valence-corrected chi connectivity index (χ4v) is 3.07. The predicted octanol–water partition coefficient (Wildman–Crippen LogP) is 3.10. The maximum absolute atomic E-state index is 10.7. The molecule has 0 saturated heterocycles. The summed E-state index contributed by atoms with van der Waals surface area (Å²) < 4.78 is 2.05. The number of halogens is 1. The molecule has 3 aromatic rings. The van der Waals surface area contributed by atoms with Crippen LogP contribution in [-0.4, -0.2) is 29.4 Å². The SMILES string of the molecule is CNC[C@@H](O)[C@H](c1ccccc1)n1ccc2c(C#N)cccc21.Cl. The lowest BCUT2D eigenvalue weighted by Crippen LogP contribution is -2.33. The summed E-state index contributed by atoms with van der Waals surface area (Å²) in [5.74, 6) is 0. The van der Waals surface area contributed by atoms with E-state index in [1.54, 1.807) is 0 Å². The molecular formula is C19H20ClN3O. The highest BCUT2D eigenvalue weighted by Crippen LogP contribution is 2.29. The Morgan fingerprint density at radius 1 is 1.12 bits per heavy atom. The van der Waals surface area contributed by atoms with Gasteiger partial charge in [-0.15, -0.1) is 12.4 Å². The molecule has 0 radical (unpaired) electrons. The largest absolute Gasteiger partial charge is 0.389 e. The molecule has 24 heavy (non-hydrogen) atoms. The second-order valence-electron chi connectivity index (χ2n) is 5.55. The Balaban J connectivity index is 0.00000208. The molecule has 3 rings (SSSR count). The average Bonchev–Trinajstić information content (AvgIpc) is 3.00. The van der Waals surface area contributed by atoms with Gasteiger partial charge in [0.15, 0.2) is 0 Å². The van der Waals surface area contributed by atoms with Crippen LogP contribution in [0.25, 0.3) is 10.9 Å². The second kappa shape index (κ2) is 7.98. The number of rotatable bonds is 5. The van der Waals surface area contributed by atoms with E-state index in [0.29, 0.717) is 12.1 Å². The normalized spacial score (nSPS) is 13.0. The van der Waals surface area contributed by atoms with Crippen LogP contribution < -0.4 is 5.32 Å². The van der Waals surface area contributed by atoms with Crippen molar-refractivity contribution in [2.45, 2.75) is 12.1 Å². The maximum Gasteiger partial charge on any atom is 0.0998 e. The van der Waals surface area contributed by atoms with Crippen molar-refractivity contribution in [3.8, 4) is 6.07 Å². The first-order valence-electron chi connectivity index (χ1n) is 7.63. The minimum absolute atomic E-state index is 0. The average molecular weight is 342 g/mol. The molecule has 2 N–H and O–H groups in total. The van der Waals surface area contributed by atoms with Crippen molar-refractivity contribution in [2.24, 2.45) is 0 Å². The molecule has 0 fully saturated rings. The van der Waals surface area contributed by atoms with Gasteiger partial charge in [-0.25, -0.2) is 0 Å². The van der Waals surface area contributed by atoms with Gasteiger partial charge in [0, 0.05) is 23.6 Å². The number of nitrogens with zero attached hydrogens (tertiary/aromatic N) is 2. The lowest BCUT2D eigenvalue weighted by molar-refractivity contribution is 0.132. The molecule has 4 nitrogen and oxygen atoms in total. The quantitative estimate of drug-likeness (QED) is 0.749. The Kier molecular flexibility index (Phi) is 5.99. The molecular weight excluding hydrogens is 322 g/mol. The summed E-state index contributed by atoms with van der Waals surface area (Å²) in [5, 5.41) is 23.9. The first-order valence-corrected chi connectivity index (χ1v) is 7.63. The molecule has 0 unspecified atom stereocenters. The predicted molar refractivity (Wildman–Crippen MR) is 98.4 cm³/mol. The molecule has 0 aliphatic carbocycles. The van der Waals surface area contributed by atoms with Gasteiger partial charge in [-0.05, 0) is 30.8 Å². The van der Waals surface area contributed by atoms with Crippen molar-refractivity contribution in [3.05, 3.63) is 71.9 Å². The molecule has 0 aliphatic heterocycles. The van der Waals surface area contributed by atoms with E-state index in [4.69, 9.17) is 0 Å². The number of aliphatic hydroxyl groups excluding tert-OH is 1. The Morgan fingerprint density at radius 3 is 2.54 bits per heavy atom. The third-order valence-electron chi connectivity index (χ3n) is 4.10. The van der Waals surface area contributed by atoms with E-state index in [1.807, 2.05) is 72.4 Å². The van der Waals surface area contributed by atoms with E-state index in [1.165, 1.54) is 0 Å². The van der Waals surface area contributed by atoms with E-state index in [0.717, 1.165) is 16.5 Å². The second-order valence-corrected chi connectivity index (χ2v) is 5.55. The van der Waals surface area contributed by atoms with Gasteiger partial charge in [-0.2, -0.15) is 5.26 Å². The minimum Gasteiger partial charge on any atom is -0.389 e. The molecule has 124 valence electrons. The van der Waals surface area contributed by atoms with Crippen LogP contribution in [0.3, 0.4) is 0 Å². The molecule has 5 heteroatoms. The number of aromatic nitrogens is 1. The van der Waals surface area contributed by atoms with Gasteiger partial charge in [-0.1, -0.05) is 36.4 Å². The van der Waals surface area contributed by atoms with Crippen LogP contribution in [0, 0.1) is 11.3 Å². The highest BCUT2D eigenvalue weighted by atomic mass is 35.5. The molecule has 0 saturated carbocycles. The van der Waals surface area contributed by atoms with Crippen LogP contribution in [0.5, 0.6) is 0 Å². The Morgan fingerprint density at radius 2 is 1.88 bits per heavy atom. The standard InChI is InChI=1S/C19H19N3O.ClH/c1-21-13-18(23)19(14-6-3-2-4-7-14)22-11-10-16-15(12-20)8-5-9-17(16)22;/h2-11,18-19,21,23H,13H2,1H3;1H/t18-,19+;/m1./s1. The number of fused-ring (bicyclic) bond motifs is 1. The zero-order valence-corrected chi connectivity index (χ0v) is 14.2. The number of benzene rings is 2. The van der Waals surface area contributed by atoms with Crippen molar-refractivity contribution in [1.29, 1.82) is 5.26 Å². The Bertz CT molecular complexity index is 839. The minimum atomic E-state index is -0.580. The smallest absolute Gasteiger partial charge is 0.0998 e. The van der Waals surface area contributed by atoms with Crippen LogP contribution >= 0.6 is 12.4 Å². The molecule has 0 aliphatic rings. The van der Waals surface area contributed by atoms with Crippen LogP contribution in [0.15, 0.2) is 60.8 Å². The van der Waals surface area contributed by atoms with Gasteiger partial charge in [0.2, 0.25) is 0 Å². The number of nitrogens with one attached hydrogen (secondary N) is 1. The number of hydrogen-bond acceptors (Lipinski definition) is 3. The molecule has 1 aromatic heterocycles. The molecule has 0 bridgehead atoms. The monoisotopic (exact) mass is 341 g/mol. The molecule has 0 spiro atoms. The number of hydrogen-bond donors (Lipinski definition) is 2. The lowest BCUT2D eigenvalue weighted by Gasteiger charge is -2.26. The first kappa shape index (κ1) is 18.0. The number of likely N-dealkylation sites (N-methyl/N-ethyl adjacent to an activating group) is 1. The van der Waals surface area contributed by atoms with Crippen molar-refractivity contribution >= 4 is 23.3 Å². The van der Waals surface area contributed by atoms with Gasteiger partial charge < -0.3 is 15.0 Å². The molecule has 0 amide bonds. The van der Waals surface area contributed by atoms with Gasteiger partial charge >= 0.3 is 0 Å². The van der Waals surface area contributed by atoms with E-state index >= 15 is 0 Å². The van der Waals surface area contributed by atoms with E-state index in [9.17, 15) is 10.4 Å². The third kappa shape index (κ3) is 3.29. The van der Waals surface area contributed by atoms with Gasteiger partial charge in [0.25, 0.3) is 0 Å². The zero-order chi connectivity index (χ0) is 16.2. The van der Waals surface area contributed by atoms with E-state index < -0.39 is 6.10 Å². The summed E-state index contributed by atoms with van der Waals surface area (Å²) in [7, 11) is 1.83. The van der Waals surface area contributed by atoms with Crippen LogP contribution in [0.1, 0.15) is 17.2 Å². The Labute approximate surface area is 147 Å². The van der Waals surface area contributed by atoms with E-state index in [-0.39, 0.29) is 18.4 Å². The van der Waals surface area contributed by atoms with Crippen molar-refractivity contribution in [1.82, 2.24) is 9.88 Å². The van der Waals surface area contributed by atoms with Crippen molar-refractivity contribution < 1.29 is 5.11 Å². The van der Waals surface area contributed by atoms with Crippen molar-refractivity contribution in [2.75, 3.05) is 13.6 Å². The van der Waals surface area contributed by atoms with Crippen molar-refractivity contribution in [3.63, 3.8) is 0 Å². The summed E-state index contributed by atoms with van der Waals surface area (Å²) in [4.78, 5) is 0. The fraction of sp³-hybridized carbons (Fsp3) is 0.211. The maximum atomic E-state index is 10.7. The van der Waals surface area contributed by atoms with Gasteiger partial charge in [0.05, 0.1) is 23.8 Å². The first-order chi connectivity index (χ1) is 11.3. The van der Waals surface area contributed by atoms with E-state index in [2.05, 4.69) is 11.4 Å². The summed E-state index contributed by atoms with van der Waals surface area (Å²) in [6, 6.07) is 19.6. The summed E-state index contributed by atoms with van der Waals surface area (Å²) in [6.45, 7) is 0.483. The van der Waals surface area contributed by atoms with Gasteiger partial charge in [-0.3, -0.25) is 0 Å². The summed E-state index contributed by atoms with van der Waals surface area (Å²) >= 11 is 0. The highest BCUT2D eigenvalue weighted by molar-refractivity contribution is 5.86. The summed E-state index contributed by atoms with van der Waals surface area (Å²) in [5.41, 5.74) is 2.64.